The zero-order valence-corrected chi connectivity index (χ0v) is 16.1. The molecular formula is C22H23N3O2. The molecule has 2 aromatic carbocycles. The predicted octanol–water partition coefficient (Wildman–Crippen LogP) is 4.36. The van der Waals surface area contributed by atoms with Crippen molar-refractivity contribution in [3.8, 4) is 11.4 Å². The summed E-state index contributed by atoms with van der Waals surface area (Å²) in [6, 6.07) is 9.75. The number of hydrogen-bond donors (Lipinski definition) is 1. The summed E-state index contributed by atoms with van der Waals surface area (Å²) in [4.78, 5) is 17.8. The molecule has 4 aromatic rings. The first-order chi connectivity index (χ1) is 13.0. The second-order valence-corrected chi connectivity index (χ2v) is 6.94. The number of nitrogens with zero attached hydrogens (tertiary/aromatic N) is 2. The van der Waals surface area contributed by atoms with E-state index in [0.29, 0.717) is 29.1 Å². The fraction of sp³-hybridized carbons (Fsp3) is 0.273. The van der Waals surface area contributed by atoms with Crippen molar-refractivity contribution < 1.29 is 4.42 Å². The van der Waals surface area contributed by atoms with Crippen LogP contribution in [0, 0.1) is 6.92 Å². The smallest absolute Gasteiger partial charge is 0.347 e. The molecule has 0 bridgehead atoms. The molecule has 2 aromatic heterocycles. The zero-order chi connectivity index (χ0) is 19.3. The maximum Gasteiger partial charge on any atom is 0.347 e. The summed E-state index contributed by atoms with van der Waals surface area (Å²) < 4.78 is 7.68. The van der Waals surface area contributed by atoms with Crippen molar-refractivity contribution in [3.05, 3.63) is 57.4 Å². The molecule has 0 spiro atoms. The molecule has 0 amide bonds. The van der Waals surface area contributed by atoms with Gasteiger partial charge in [0.15, 0.2) is 0 Å². The van der Waals surface area contributed by atoms with Gasteiger partial charge in [0.25, 0.3) is 0 Å². The topological polar surface area (TPSA) is 74.1 Å². The van der Waals surface area contributed by atoms with Gasteiger partial charge in [-0.15, -0.1) is 0 Å². The number of para-hydroxylation sites is 1. The van der Waals surface area contributed by atoms with E-state index in [-0.39, 0.29) is 5.63 Å². The molecule has 0 saturated carbocycles. The molecule has 0 saturated heterocycles. The van der Waals surface area contributed by atoms with Gasteiger partial charge in [0.05, 0.1) is 11.0 Å². The number of anilines is 1. The molecule has 0 aliphatic rings. The second kappa shape index (κ2) is 6.27. The van der Waals surface area contributed by atoms with Crippen molar-refractivity contribution in [2.75, 3.05) is 5.73 Å². The van der Waals surface area contributed by atoms with Gasteiger partial charge in [-0.1, -0.05) is 26.0 Å². The van der Waals surface area contributed by atoms with Gasteiger partial charge in [0.2, 0.25) is 0 Å². The quantitative estimate of drug-likeness (QED) is 0.434. The minimum Gasteiger partial charge on any atom is -0.422 e. The van der Waals surface area contributed by atoms with Crippen molar-refractivity contribution in [1.82, 2.24) is 9.55 Å². The standard InChI is InChI=1S/C22H23N3O2/c1-5-13-10-14(23)11-17-18(13)15(6-2)19(22(26)27-17)21-24-20-12(3)8-7-9-16(20)25(21)4/h7-11H,5-6,23H2,1-4H3. The van der Waals surface area contributed by atoms with Crippen molar-refractivity contribution in [2.24, 2.45) is 7.05 Å². The van der Waals surface area contributed by atoms with Crippen LogP contribution in [0.15, 0.2) is 39.5 Å². The summed E-state index contributed by atoms with van der Waals surface area (Å²) in [5, 5.41) is 0.979. The van der Waals surface area contributed by atoms with Crippen molar-refractivity contribution in [1.29, 1.82) is 0 Å². The summed E-state index contributed by atoms with van der Waals surface area (Å²) in [5.74, 6) is 0.644. The first kappa shape index (κ1) is 17.3. The van der Waals surface area contributed by atoms with E-state index in [9.17, 15) is 4.79 Å². The molecule has 2 N–H and O–H groups in total. The van der Waals surface area contributed by atoms with E-state index in [4.69, 9.17) is 15.1 Å². The third-order valence-corrected chi connectivity index (χ3v) is 5.29. The molecule has 0 aliphatic heterocycles. The average Bonchev–Trinajstić information content (AvgIpc) is 2.97. The number of rotatable bonds is 3. The summed E-state index contributed by atoms with van der Waals surface area (Å²) >= 11 is 0. The summed E-state index contributed by atoms with van der Waals surface area (Å²) in [6.45, 7) is 6.17. The van der Waals surface area contributed by atoms with Gasteiger partial charge < -0.3 is 14.7 Å². The summed E-state index contributed by atoms with van der Waals surface area (Å²) in [6.07, 6.45) is 1.51. The van der Waals surface area contributed by atoms with Gasteiger partial charge in [-0.3, -0.25) is 0 Å². The molecule has 0 radical (unpaired) electrons. The van der Waals surface area contributed by atoms with Crippen LogP contribution < -0.4 is 11.4 Å². The van der Waals surface area contributed by atoms with Crippen LogP contribution >= 0.6 is 0 Å². The Bertz CT molecular complexity index is 1250. The lowest BCUT2D eigenvalue weighted by Gasteiger charge is -2.13. The fourth-order valence-corrected chi connectivity index (χ4v) is 3.96. The van der Waals surface area contributed by atoms with Crippen molar-refractivity contribution in [2.45, 2.75) is 33.6 Å². The third kappa shape index (κ3) is 2.53. The van der Waals surface area contributed by atoms with E-state index in [2.05, 4.69) is 13.8 Å². The minimum absolute atomic E-state index is 0.372. The van der Waals surface area contributed by atoms with Gasteiger partial charge in [-0.25, -0.2) is 9.78 Å². The maximum atomic E-state index is 13.0. The largest absolute Gasteiger partial charge is 0.422 e. The van der Waals surface area contributed by atoms with Crippen LogP contribution in [0.4, 0.5) is 5.69 Å². The third-order valence-electron chi connectivity index (χ3n) is 5.29. The Hall–Kier alpha value is -3.08. The van der Waals surface area contributed by atoms with E-state index in [1.165, 1.54) is 0 Å². The van der Waals surface area contributed by atoms with Gasteiger partial charge in [-0.2, -0.15) is 0 Å². The molecule has 0 atom stereocenters. The van der Waals surface area contributed by atoms with Gasteiger partial charge in [0, 0.05) is 24.2 Å². The predicted molar refractivity (Wildman–Crippen MR) is 110 cm³/mol. The van der Waals surface area contributed by atoms with E-state index >= 15 is 0 Å². The van der Waals surface area contributed by atoms with E-state index in [1.54, 1.807) is 6.07 Å². The van der Waals surface area contributed by atoms with Crippen LogP contribution in [0.5, 0.6) is 0 Å². The molecule has 27 heavy (non-hydrogen) atoms. The molecule has 0 fully saturated rings. The molecular weight excluding hydrogens is 338 g/mol. The lowest BCUT2D eigenvalue weighted by molar-refractivity contribution is 0.560. The number of nitrogens with two attached hydrogens (primary N) is 1. The number of nitrogen functional groups attached to an aromatic ring is 1. The van der Waals surface area contributed by atoms with Crippen molar-refractivity contribution in [3.63, 3.8) is 0 Å². The highest BCUT2D eigenvalue weighted by molar-refractivity contribution is 5.92. The van der Waals surface area contributed by atoms with Gasteiger partial charge in [-0.05, 0) is 48.6 Å². The van der Waals surface area contributed by atoms with Crippen molar-refractivity contribution >= 4 is 27.7 Å². The molecule has 0 unspecified atom stereocenters. The number of imidazole rings is 1. The Morgan fingerprint density at radius 1 is 1.19 bits per heavy atom. The Balaban J connectivity index is 2.16. The zero-order valence-electron chi connectivity index (χ0n) is 16.1. The Morgan fingerprint density at radius 3 is 2.63 bits per heavy atom. The molecule has 138 valence electrons. The summed E-state index contributed by atoms with van der Waals surface area (Å²) in [5.41, 5.74) is 12.4. The normalized spacial score (nSPS) is 11.6. The van der Waals surface area contributed by atoms with E-state index < -0.39 is 0 Å². The highest BCUT2D eigenvalue weighted by Crippen LogP contribution is 2.33. The maximum absolute atomic E-state index is 13.0. The molecule has 0 aliphatic carbocycles. The van der Waals surface area contributed by atoms with Crippen LogP contribution in [-0.2, 0) is 19.9 Å². The number of aromatic nitrogens is 2. The SMILES string of the molecule is CCc1cc(N)cc2oc(=O)c(-c3nc4c(C)cccc4n3C)c(CC)c12. The molecule has 4 rings (SSSR count). The Labute approximate surface area is 157 Å². The highest BCUT2D eigenvalue weighted by Gasteiger charge is 2.22. The molecule has 5 nitrogen and oxygen atoms in total. The monoisotopic (exact) mass is 361 g/mol. The minimum atomic E-state index is -0.372. The Kier molecular flexibility index (Phi) is 4.02. The fourth-order valence-electron chi connectivity index (χ4n) is 3.96. The van der Waals surface area contributed by atoms with Crippen LogP contribution in [0.2, 0.25) is 0 Å². The molecule has 2 heterocycles. The Morgan fingerprint density at radius 2 is 1.96 bits per heavy atom. The van der Waals surface area contributed by atoms with Gasteiger partial charge >= 0.3 is 5.63 Å². The number of benzene rings is 2. The lowest BCUT2D eigenvalue weighted by Crippen LogP contribution is -2.12. The number of aryl methyl sites for hydroxylation is 4. The van der Waals surface area contributed by atoms with Gasteiger partial charge in [0.1, 0.15) is 17.0 Å². The average molecular weight is 361 g/mol. The molecule has 5 heteroatoms. The van der Waals surface area contributed by atoms with E-state index in [0.717, 1.165) is 39.5 Å². The second-order valence-electron chi connectivity index (χ2n) is 6.94. The van der Waals surface area contributed by atoms with Crippen LogP contribution in [0.3, 0.4) is 0 Å². The van der Waals surface area contributed by atoms with Crippen LogP contribution in [0.25, 0.3) is 33.4 Å². The van der Waals surface area contributed by atoms with E-state index in [1.807, 2.05) is 42.8 Å². The lowest BCUT2D eigenvalue weighted by atomic mass is 9.96. The van der Waals surface area contributed by atoms with Crippen LogP contribution in [0.1, 0.15) is 30.5 Å². The first-order valence-electron chi connectivity index (χ1n) is 9.26. The summed E-state index contributed by atoms with van der Waals surface area (Å²) in [7, 11) is 1.94. The highest BCUT2D eigenvalue weighted by atomic mass is 16.4. The number of fused-ring (bicyclic) bond motifs is 2. The first-order valence-corrected chi connectivity index (χ1v) is 9.26. The van der Waals surface area contributed by atoms with Crippen LogP contribution in [-0.4, -0.2) is 9.55 Å². The number of hydrogen-bond acceptors (Lipinski definition) is 4.